The molecule has 1 N–H and O–H groups in total. The van der Waals surface area contributed by atoms with Gasteiger partial charge in [0.15, 0.2) is 0 Å². The molecule has 3 aromatic rings. The van der Waals surface area contributed by atoms with E-state index in [2.05, 4.69) is 10.1 Å². The minimum absolute atomic E-state index is 0.0321. The molecule has 0 atom stereocenters. The zero-order chi connectivity index (χ0) is 20.8. The van der Waals surface area contributed by atoms with Gasteiger partial charge in [0, 0.05) is 30.6 Å². The van der Waals surface area contributed by atoms with E-state index in [9.17, 15) is 22.8 Å². The third-order valence-corrected chi connectivity index (χ3v) is 5.40. The maximum Gasteiger partial charge on any atom is 0.416 e. The van der Waals surface area contributed by atoms with E-state index in [0.29, 0.717) is 54.1 Å². The van der Waals surface area contributed by atoms with Crippen LogP contribution in [0.1, 0.15) is 35.7 Å². The van der Waals surface area contributed by atoms with Crippen LogP contribution in [-0.4, -0.2) is 39.0 Å². The molecule has 152 valence electrons. The number of aromatic nitrogens is 3. The number of aromatic amines is 1. The van der Waals surface area contributed by atoms with Gasteiger partial charge in [-0.05, 0) is 37.5 Å². The molecule has 9 heteroatoms. The summed E-state index contributed by atoms with van der Waals surface area (Å²) in [6, 6.07) is 6.48. The van der Waals surface area contributed by atoms with Gasteiger partial charge in [-0.15, -0.1) is 0 Å². The Morgan fingerprint density at radius 2 is 1.93 bits per heavy atom. The van der Waals surface area contributed by atoms with E-state index in [1.54, 1.807) is 22.4 Å². The van der Waals surface area contributed by atoms with Crippen LogP contribution >= 0.6 is 0 Å². The zero-order valence-electron chi connectivity index (χ0n) is 15.7. The molecule has 29 heavy (non-hydrogen) atoms. The third-order valence-electron chi connectivity index (χ3n) is 5.40. The minimum Gasteiger partial charge on any atom is -0.345 e. The highest BCUT2D eigenvalue weighted by Gasteiger charge is 2.31. The molecule has 1 aliphatic heterocycles. The number of aryl methyl sites for hydroxylation is 1. The third kappa shape index (κ3) is 3.52. The summed E-state index contributed by atoms with van der Waals surface area (Å²) in [5.74, 6) is 0.0321. The molecule has 1 amide bonds. The van der Waals surface area contributed by atoms with Crippen molar-refractivity contribution in [3.05, 3.63) is 57.6 Å². The van der Waals surface area contributed by atoms with Crippen molar-refractivity contribution in [1.82, 2.24) is 19.5 Å². The number of halogens is 3. The van der Waals surface area contributed by atoms with E-state index in [1.807, 2.05) is 0 Å². The lowest BCUT2D eigenvalue weighted by atomic mass is 9.93. The van der Waals surface area contributed by atoms with Crippen molar-refractivity contribution >= 4 is 12.1 Å². The number of carbonyl (C=O) groups excluding carboxylic acids is 1. The van der Waals surface area contributed by atoms with Crippen LogP contribution < -0.4 is 5.56 Å². The van der Waals surface area contributed by atoms with Crippen molar-refractivity contribution in [2.45, 2.75) is 31.9 Å². The van der Waals surface area contributed by atoms with Gasteiger partial charge in [0.1, 0.15) is 5.65 Å². The number of hydrogen-bond acceptors (Lipinski definition) is 3. The van der Waals surface area contributed by atoms with Crippen molar-refractivity contribution in [2.75, 3.05) is 13.1 Å². The maximum atomic E-state index is 13.1. The SMILES string of the molecule is Cc1nn2c(C3CCN(C=O)CC3)cc(=O)[nH]c2c1-c1cccc(C(F)(F)F)c1. The molecule has 1 fully saturated rings. The lowest BCUT2D eigenvalue weighted by Gasteiger charge is -2.29. The second-order valence-corrected chi connectivity index (χ2v) is 7.27. The average molecular weight is 404 g/mol. The monoisotopic (exact) mass is 404 g/mol. The van der Waals surface area contributed by atoms with E-state index in [0.717, 1.165) is 18.5 Å². The smallest absolute Gasteiger partial charge is 0.345 e. The van der Waals surface area contributed by atoms with Crippen LogP contribution in [0.3, 0.4) is 0 Å². The van der Waals surface area contributed by atoms with Crippen molar-refractivity contribution in [1.29, 1.82) is 0 Å². The number of H-pyrrole nitrogens is 1. The molecular weight excluding hydrogens is 385 g/mol. The van der Waals surface area contributed by atoms with Crippen molar-refractivity contribution in [3.63, 3.8) is 0 Å². The van der Waals surface area contributed by atoms with Crippen LogP contribution in [-0.2, 0) is 11.0 Å². The molecule has 1 aliphatic rings. The van der Waals surface area contributed by atoms with Crippen molar-refractivity contribution in [2.24, 2.45) is 0 Å². The molecule has 0 bridgehead atoms. The molecule has 1 aromatic carbocycles. The van der Waals surface area contributed by atoms with E-state index in [1.165, 1.54) is 12.1 Å². The Morgan fingerprint density at radius 1 is 1.21 bits per heavy atom. The van der Waals surface area contributed by atoms with Gasteiger partial charge in [0.25, 0.3) is 5.56 Å². The largest absolute Gasteiger partial charge is 0.416 e. The minimum atomic E-state index is -4.46. The van der Waals surface area contributed by atoms with Gasteiger partial charge in [-0.2, -0.15) is 18.3 Å². The Bertz CT molecular complexity index is 1120. The maximum absolute atomic E-state index is 13.1. The topological polar surface area (TPSA) is 70.5 Å². The molecule has 3 heterocycles. The van der Waals surface area contributed by atoms with Crippen LogP contribution in [0, 0.1) is 6.92 Å². The highest BCUT2D eigenvalue weighted by molar-refractivity contribution is 5.80. The number of benzene rings is 1. The van der Waals surface area contributed by atoms with E-state index in [-0.39, 0.29) is 11.5 Å². The fourth-order valence-corrected chi connectivity index (χ4v) is 3.97. The first-order valence-corrected chi connectivity index (χ1v) is 9.27. The van der Waals surface area contributed by atoms with Crippen LogP contribution in [0.4, 0.5) is 13.2 Å². The van der Waals surface area contributed by atoms with Crippen LogP contribution in [0.25, 0.3) is 16.8 Å². The van der Waals surface area contributed by atoms with Crippen molar-refractivity contribution < 1.29 is 18.0 Å². The summed E-state index contributed by atoms with van der Waals surface area (Å²) in [6.07, 6.45) is -2.27. The number of nitrogens with zero attached hydrogens (tertiary/aromatic N) is 3. The second kappa shape index (κ2) is 7.06. The molecule has 1 saturated heterocycles. The Labute approximate surface area is 164 Å². The van der Waals surface area contributed by atoms with Gasteiger partial charge in [-0.25, -0.2) is 4.52 Å². The number of hydrogen-bond donors (Lipinski definition) is 1. The Kier molecular flexibility index (Phi) is 4.68. The highest BCUT2D eigenvalue weighted by atomic mass is 19.4. The number of likely N-dealkylation sites (tertiary alicyclic amines) is 1. The molecule has 0 aliphatic carbocycles. The summed E-state index contributed by atoms with van der Waals surface area (Å²) < 4.78 is 41.1. The number of rotatable bonds is 3. The number of nitrogens with one attached hydrogen (secondary N) is 1. The van der Waals surface area contributed by atoms with Gasteiger partial charge in [0.05, 0.1) is 17.0 Å². The van der Waals surface area contributed by atoms with E-state index in [4.69, 9.17) is 0 Å². The van der Waals surface area contributed by atoms with Crippen LogP contribution in [0.2, 0.25) is 0 Å². The Balaban J connectivity index is 1.84. The predicted octanol–water partition coefficient (Wildman–Crippen LogP) is 3.35. The summed E-state index contributed by atoms with van der Waals surface area (Å²) >= 11 is 0. The molecule has 0 saturated carbocycles. The number of alkyl halides is 3. The van der Waals surface area contributed by atoms with Crippen molar-refractivity contribution in [3.8, 4) is 11.1 Å². The van der Waals surface area contributed by atoms with Gasteiger partial charge in [-0.3, -0.25) is 9.59 Å². The number of carbonyl (C=O) groups is 1. The summed E-state index contributed by atoms with van der Waals surface area (Å²) in [4.78, 5) is 27.7. The first-order valence-electron chi connectivity index (χ1n) is 9.27. The number of amides is 1. The zero-order valence-corrected chi connectivity index (χ0v) is 15.7. The fraction of sp³-hybridized carbons (Fsp3) is 0.350. The van der Waals surface area contributed by atoms with E-state index < -0.39 is 11.7 Å². The van der Waals surface area contributed by atoms with Gasteiger partial charge < -0.3 is 9.88 Å². The summed E-state index contributed by atoms with van der Waals surface area (Å²) in [7, 11) is 0. The van der Waals surface area contributed by atoms with Crippen LogP contribution in [0.15, 0.2) is 35.1 Å². The first kappa shape index (κ1) is 19.2. The molecule has 6 nitrogen and oxygen atoms in total. The average Bonchev–Trinajstić information content (AvgIpc) is 3.02. The first-order chi connectivity index (χ1) is 13.8. The second-order valence-electron chi connectivity index (χ2n) is 7.27. The summed E-state index contributed by atoms with van der Waals surface area (Å²) in [6.45, 7) is 2.88. The molecule has 4 rings (SSSR count). The molecular formula is C20H19F3N4O2. The highest BCUT2D eigenvalue weighted by Crippen LogP contribution is 2.35. The van der Waals surface area contributed by atoms with Crippen LogP contribution in [0.5, 0.6) is 0 Å². The quantitative estimate of drug-likeness (QED) is 0.681. The lowest BCUT2D eigenvalue weighted by molar-refractivity contribution is -0.137. The standard InChI is InChI=1S/C20H19F3N4O2/c1-12-18(14-3-2-4-15(9-14)20(21,22)23)19-24-17(29)10-16(27(19)25-12)13-5-7-26(11-28)8-6-13/h2-4,9-11,13H,5-8H2,1H3,(H,24,29). The summed E-state index contributed by atoms with van der Waals surface area (Å²) in [5, 5.41) is 4.52. The number of fused-ring (bicyclic) bond motifs is 1. The van der Waals surface area contributed by atoms with Gasteiger partial charge in [0.2, 0.25) is 6.41 Å². The van der Waals surface area contributed by atoms with Gasteiger partial charge >= 0.3 is 6.18 Å². The lowest BCUT2D eigenvalue weighted by Crippen LogP contribution is -2.32. The predicted molar refractivity (Wildman–Crippen MR) is 101 cm³/mol. The molecule has 0 unspecified atom stereocenters. The molecule has 0 spiro atoms. The van der Waals surface area contributed by atoms with Gasteiger partial charge in [-0.1, -0.05) is 12.1 Å². The number of piperidine rings is 1. The molecule has 2 aromatic heterocycles. The Morgan fingerprint density at radius 3 is 2.59 bits per heavy atom. The van der Waals surface area contributed by atoms with E-state index >= 15 is 0 Å². The fourth-order valence-electron chi connectivity index (χ4n) is 3.97. The Hall–Kier alpha value is -3.10. The normalized spacial score (nSPS) is 15.8. The molecule has 0 radical (unpaired) electrons. The summed E-state index contributed by atoms with van der Waals surface area (Å²) in [5.41, 5.74) is 1.33.